The molecule has 6 heteroatoms. The second-order valence-electron chi connectivity index (χ2n) is 4.98. The minimum atomic E-state index is 0.00264. The van der Waals surface area contributed by atoms with Gasteiger partial charge < -0.3 is 20.0 Å². The fraction of sp³-hybridized carbons (Fsp3) is 0.267. The Hall–Kier alpha value is -1.95. The van der Waals surface area contributed by atoms with E-state index in [2.05, 4.69) is 20.8 Å². The van der Waals surface area contributed by atoms with Gasteiger partial charge in [-0.1, -0.05) is 6.07 Å². The third-order valence-electron chi connectivity index (χ3n) is 3.65. The number of carbonyl (C=O) groups excluding carboxylic acids is 1. The summed E-state index contributed by atoms with van der Waals surface area (Å²) in [4.78, 5) is 16.5. The first-order valence-electron chi connectivity index (χ1n) is 6.78. The van der Waals surface area contributed by atoms with Crippen LogP contribution in [0.25, 0.3) is 0 Å². The van der Waals surface area contributed by atoms with Crippen LogP contribution in [-0.4, -0.2) is 37.0 Å². The molecule has 21 heavy (non-hydrogen) atoms. The Kier molecular flexibility index (Phi) is 3.88. The van der Waals surface area contributed by atoms with Crippen molar-refractivity contribution in [1.29, 1.82) is 0 Å². The van der Waals surface area contributed by atoms with E-state index in [0.29, 0.717) is 23.3 Å². The molecule has 1 fully saturated rings. The molecular weight excluding hydrogens is 334 g/mol. The fourth-order valence-electron chi connectivity index (χ4n) is 2.51. The number of piperazine rings is 1. The van der Waals surface area contributed by atoms with E-state index >= 15 is 0 Å². The highest BCUT2D eigenvalue weighted by Crippen LogP contribution is 2.22. The van der Waals surface area contributed by atoms with Crippen LogP contribution in [0.4, 0.5) is 11.4 Å². The predicted octanol–water partition coefficient (Wildman–Crippen LogP) is 2.59. The predicted molar refractivity (Wildman–Crippen MR) is 85.4 cm³/mol. The maximum absolute atomic E-state index is 12.4. The van der Waals surface area contributed by atoms with Crippen LogP contribution in [0.5, 0.6) is 0 Å². The molecule has 5 nitrogen and oxygen atoms in total. The standard InChI is InChI=1S/C15H16BrN3O2/c16-14-13(4-9-21-14)15(20)19-7-5-18(6-8-19)12-3-1-2-11(17)10-12/h1-4,9-10H,5-8,17H2. The van der Waals surface area contributed by atoms with Crippen LogP contribution in [0.2, 0.25) is 0 Å². The fourth-order valence-corrected chi connectivity index (χ4v) is 2.92. The Morgan fingerprint density at radius 1 is 1.19 bits per heavy atom. The molecule has 1 aliphatic rings. The maximum Gasteiger partial charge on any atom is 0.258 e. The summed E-state index contributed by atoms with van der Waals surface area (Å²) in [5.74, 6) is 0.00264. The van der Waals surface area contributed by atoms with Crippen molar-refractivity contribution in [3.05, 3.63) is 46.8 Å². The number of hydrogen-bond donors (Lipinski definition) is 1. The molecule has 2 N–H and O–H groups in total. The van der Waals surface area contributed by atoms with Crippen molar-refractivity contribution in [1.82, 2.24) is 4.90 Å². The molecule has 0 saturated carbocycles. The lowest BCUT2D eigenvalue weighted by atomic mass is 10.2. The molecule has 1 aromatic heterocycles. The Balaban J connectivity index is 1.65. The molecule has 1 aromatic carbocycles. The lowest BCUT2D eigenvalue weighted by Crippen LogP contribution is -2.48. The van der Waals surface area contributed by atoms with Crippen LogP contribution in [-0.2, 0) is 0 Å². The van der Waals surface area contributed by atoms with Crippen molar-refractivity contribution in [2.24, 2.45) is 0 Å². The highest BCUT2D eigenvalue weighted by molar-refractivity contribution is 9.10. The van der Waals surface area contributed by atoms with Gasteiger partial charge in [0.15, 0.2) is 4.67 Å². The third kappa shape index (κ3) is 2.90. The van der Waals surface area contributed by atoms with Gasteiger partial charge in [-0.15, -0.1) is 0 Å². The van der Waals surface area contributed by atoms with Crippen LogP contribution < -0.4 is 10.6 Å². The molecule has 2 aromatic rings. The zero-order valence-corrected chi connectivity index (χ0v) is 13.0. The molecule has 0 spiro atoms. The average Bonchev–Trinajstić information content (AvgIpc) is 2.93. The molecule has 0 bridgehead atoms. The van der Waals surface area contributed by atoms with Crippen molar-refractivity contribution in [3.63, 3.8) is 0 Å². The molecule has 1 amide bonds. The summed E-state index contributed by atoms with van der Waals surface area (Å²) in [6, 6.07) is 9.52. The van der Waals surface area contributed by atoms with Gasteiger partial charge in [-0.2, -0.15) is 0 Å². The second-order valence-corrected chi connectivity index (χ2v) is 5.70. The number of furan rings is 1. The van der Waals surface area contributed by atoms with Gasteiger partial charge in [0.25, 0.3) is 5.91 Å². The Morgan fingerprint density at radius 2 is 1.95 bits per heavy atom. The van der Waals surface area contributed by atoms with Crippen molar-refractivity contribution < 1.29 is 9.21 Å². The average molecular weight is 350 g/mol. The summed E-state index contributed by atoms with van der Waals surface area (Å²) in [6.07, 6.45) is 1.51. The van der Waals surface area contributed by atoms with Gasteiger partial charge in [0.2, 0.25) is 0 Å². The van der Waals surface area contributed by atoms with E-state index in [4.69, 9.17) is 10.2 Å². The van der Waals surface area contributed by atoms with Crippen LogP contribution in [0.3, 0.4) is 0 Å². The summed E-state index contributed by atoms with van der Waals surface area (Å²) in [7, 11) is 0. The number of nitrogens with zero attached hydrogens (tertiary/aromatic N) is 2. The number of halogens is 1. The van der Waals surface area contributed by atoms with Gasteiger partial charge in [-0.3, -0.25) is 4.79 Å². The van der Waals surface area contributed by atoms with Gasteiger partial charge in [-0.25, -0.2) is 0 Å². The number of rotatable bonds is 2. The quantitative estimate of drug-likeness (QED) is 0.846. The number of benzene rings is 1. The first-order valence-corrected chi connectivity index (χ1v) is 7.57. The van der Waals surface area contributed by atoms with Gasteiger partial charge in [0.1, 0.15) is 0 Å². The van der Waals surface area contributed by atoms with Gasteiger partial charge in [0, 0.05) is 37.6 Å². The largest absolute Gasteiger partial charge is 0.457 e. The summed E-state index contributed by atoms with van der Waals surface area (Å²) in [5, 5.41) is 0. The zero-order chi connectivity index (χ0) is 14.8. The topological polar surface area (TPSA) is 62.7 Å². The molecule has 0 unspecified atom stereocenters. The van der Waals surface area contributed by atoms with Gasteiger partial charge in [0.05, 0.1) is 11.8 Å². The minimum absolute atomic E-state index is 0.00264. The van der Waals surface area contributed by atoms with Gasteiger partial charge >= 0.3 is 0 Å². The maximum atomic E-state index is 12.4. The number of carbonyl (C=O) groups is 1. The SMILES string of the molecule is Nc1cccc(N2CCN(C(=O)c3ccoc3Br)CC2)c1. The van der Waals surface area contributed by atoms with E-state index in [9.17, 15) is 4.79 Å². The lowest BCUT2D eigenvalue weighted by Gasteiger charge is -2.36. The second kappa shape index (κ2) is 5.81. The van der Waals surface area contributed by atoms with E-state index in [0.717, 1.165) is 24.5 Å². The molecule has 0 atom stereocenters. The first-order chi connectivity index (χ1) is 10.1. The normalized spacial score (nSPS) is 15.3. The third-order valence-corrected chi connectivity index (χ3v) is 4.26. The van der Waals surface area contributed by atoms with Crippen LogP contribution >= 0.6 is 15.9 Å². The van der Waals surface area contributed by atoms with Crippen molar-refractivity contribution in [3.8, 4) is 0 Å². The molecule has 2 heterocycles. The minimum Gasteiger partial charge on any atom is -0.457 e. The van der Waals surface area contributed by atoms with Crippen molar-refractivity contribution in [2.75, 3.05) is 36.8 Å². The number of nitrogens with two attached hydrogens (primary N) is 1. The molecular formula is C15H16BrN3O2. The molecule has 0 aliphatic carbocycles. The summed E-state index contributed by atoms with van der Waals surface area (Å²) in [5.41, 5.74) is 8.25. The van der Waals surface area contributed by atoms with Crippen molar-refractivity contribution >= 4 is 33.2 Å². The van der Waals surface area contributed by atoms with Gasteiger partial charge in [-0.05, 0) is 40.2 Å². The molecule has 3 rings (SSSR count). The lowest BCUT2D eigenvalue weighted by molar-refractivity contribution is 0.0745. The Labute approximate surface area is 131 Å². The number of amides is 1. The van der Waals surface area contributed by atoms with Crippen LogP contribution in [0.1, 0.15) is 10.4 Å². The monoisotopic (exact) mass is 349 g/mol. The smallest absolute Gasteiger partial charge is 0.258 e. The van der Waals surface area contributed by atoms with E-state index in [1.54, 1.807) is 6.07 Å². The molecule has 0 radical (unpaired) electrons. The summed E-state index contributed by atoms with van der Waals surface area (Å²) in [6.45, 7) is 2.96. The van der Waals surface area contributed by atoms with Crippen LogP contribution in [0.15, 0.2) is 45.7 Å². The van der Waals surface area contributed by atoms with E-state index in [1.807, 2.05) is 29.2 Å². The highest BCUT2D eigenvalue weighted by atomic mass is 79.9. The molecule has 1 aliphatic heterocycles. The zero-order valence-electron chi connectivity index (χ0n) is 11.5. The Morgan fingerprint density at radius 3 is 2.57 bits per heavy atom. The molecule has 1 saturated heterocycles. The first kappa shape index (κ1) is 14.0. The number of hydrogen-bond acceptors (Lipinski definition) is 4. The van der Waals surface area contributed by atoms with E-state index in [1.165, 1.54) is 6.26 Å². The van der Waals surface area contributed by atoms with Crippen molar-refractivity contribution in [2.45, 2.75) is 0 Å². The number of nitrogen functional groups attached to an aromatic ring is 1. The van der Waals surface area contributed by atoms with E-state index < -0.39 is 0 Å². The summed E-state index contributed by atoms with van der Waals surface area (Å²) >= 11 is 3.25. The highest BCUT2D eigenvalue weighted by Gasteiger charge is 2.24. The Bertz CT molecular complexity index is 648. The molecule has 110 valence electrons. The van der Waals surface area contributed by atoms with E-state index in [-0.39, 0.29) is 5.91 Å². The summed E-state index contributed by atoms with van der Waals surface area (Å²) < 4.78 is 5.62. The number of anilines is 2. The van der Waals surface area contributed by atoms with Crippen LogP contribution in [0, 0.1) is 0 Å².